The van der Waals surface area contributed by atoms with E-state index in [0.29, 0.717) is 30.0 Å². The molecule has 2 saturated heterocycles. The Labute approximate surface area is 151 Å². The van der Waals surface area contributed by atoms with Gasteiger partial charge in [-0.15, -0.1) is 0 Å². The predicted octanol–water partition coefficient (Wildman–Crippen LogP) is 1.46. The Morgan fingerprint density at radius 2 is 2.15 bits per heavy atom. The third-order valence-corrected chi connectivity index (χ3v) is 5.10. The number of piperazine rings is 1. The second-order valence-electron chi connectivity index (χ2n) is 7.18. The summed E-state index contributed by atoms with van der Waals surface area (Å²) < 4.78 is 5.38. The lowest BCUT2D eigenvalue weighted by Crippen LogP contribution is -2.53. The SMILES string of the molecule is C[C@H]1CN(Cc2ccc3onc(N4CCC(=O)NC4=O)c3c2)[C@@H](C)CN1. The highest BCUT2D eigenvalue weighted by atomic mass is 16.5. The van der Waals surface area contributed by atoms with Crippen molar-refractivity contribution in [3.05, 3.63) is 23.8 Å². The average molecular weight is 357 g/mol. The van der Waals surface area contributed by atoms with Gasteiger partial charge in [0.1, 0.15) is 0 Å². The quantitative estimate of drug-likeness (QED) is 0.864. The molecule has 0 spiro atoms. The van der Waals surface area contributed by atoms with Crippen LogP contribution in [-0.2, 0) is 11.3 Å². The van der Waals surface area contributed by atoms with Crippen molar-refractivity contribution in [2.45, 2.75) is 38.9 Å². The van der Waals surface area contributed by atoms with Crippen LogP contribution in [0.4, 0.5) is 10.6 Å². The zero-order valence-electron chi connectivity index (χ0n) is 15.0. The van der Waals surface area contributed by atoms with Gasteiger partial charge in [-0.05, 0) is 31.5 Å². The maximum Gasteiger partial charge on any atom is 0.329 e. The maximum atomic E-state index is 12.1. The van der Waals surface area contributed by atoms with Crippen LogP contribution >= 0.6 is 0 Å². The third kappa shape index (κ3) is 3.17. The summed E-state index contributed by atoms with van der Waals surface area (Å²) in [4.78, 5) is 27.4. The molecule has 4 rings (SSSR count). The van der Waals surface area contributed by atoms with E-state index in [2.05, 4.69) is 34.5 Å². The van der Waals surface area contributed by atoms with Crippen molar-refractivity contribution in [2.75, 3.05) is 24.5 Å². The second-order valence-corrected chi connectivity index (χ2v) is 7.18. The number of benzene rings is 1. The van der Waals surface area contributed by atoms with Crippen molar-refractivity contribution in [3.63, 3.8) is 0 Å². The Morgan fingerprint density at radius 1 is 1.31 bits per heavy atom. The standard InChI is InChI=1S/C18H23N5O3/c1-11-9-22(12(2)8-19-11)10-13-3-4-15-14(7-13)17(21-26-15)23-6-5-16(24)20-18(23)25/h3-4,7,11-12,19H,5-6,8-10H2,1-2H3,(H,20,24,25)/t11-,12-/m0/s1. The summed E-state index contributed by atoms with van der Waals surface area (Å²) in [6.07, 6.45) is 0.260. The van der Waals surface area contributed by atoms with Gasteiger partial charge in [0.25, 0.3) is 0 Å². The first-order valence-electron chi connectivity index (χ1n) is 8.98. The minimum Gasteiger partial charge on any atom is -0.354 e. The van der Waals surface area contributed by atoms with E-state index in [9.17, 15) is 9.59 Å². The van der Waals surface area contributed by atoms with Crippen molar-refractivity contribution in [1.29, 1.82) is 0 Å². The Kier molecular flexibility index (Phi) is 4.37. The fraction of sp³-hybridized carbons (Fsp3) is 0.500. The van der Waals surface area contributed by atoms with E-state index >= 15 is 0 Å². The van der Waals surface area contributed by atoms with E-state index in [-0.39, 0.29) is 12.3 Å². The van der Waals surface area contributed by atoms with Gasteiger partial charge in [-0.2, -0.15) is 0 Å². The van der Waals surface area contributed by atoms with Crippen LogP contribution in [0, 0.1) is 0 Å². The van der Waals surface area contributed by atoms with Gasteiger partial charge in [0.2, 0.25) is 5.91 Å². The molecule has 0 saturated carbocycles. The molecule has 1 aromatic carbocycles. The molecule has 2 atom stereocenters. The van der Waals surface area contributed by atoms with Gasteiger partial charge in [0.05, 0.1) is 5.39 Å². The van der Waals surface area contributed by atoms with E-state index in [1.165, 1.54) is 4.90 Å². The van der Waals surface area contributed by atoms with Gasteiger partial charge in [-0.25, -0.2) is 4.79 Å². The molecule has 1 aromatic heterocycles. The second kappa shape index (κ2) is 6.69. The van der Waals surface area contributed by atoms with Crippen molar-refractivity contribution in [3.8, 4) is 0 Å². The van der Waals surface area contributed by atoms with Gasteiger partial charge >= 0.3 is 6.03 Å². The van der Waals surface area contributed by atoms with Crippen LogP contribution in [-0.4, -0.2) is 53.7 Å². The fourth-order valence-corrected chi connectivity index (χ4v) is 3.58. The number of aromatic nitrogens is 1. The molecular weight excluding hydrogens is 334 g/mol. The molecule has 0 unspecified atom stereocenters. The highest BCUT2D eigenvalue weighted by Gasteiger charge is 2.28. The van der Waals surface area contributed by atoms with Crippen LogP contribution in [0.5, 0.6) is 0 Å². The van der Waals surface area contributed by atoms with Crippen LogP contribution in [0.3, 0.4) is 0 Å². The van der Waals surface area contributed by atoms with Crippen LogP contribution in [0.1, 0.15) is 25.8 Å². The molecular formula is C18H23N5O3. The van der Waals surface area contributed by atoms with E-state index in [1.807, 2.05) is 18.2 Å². The summed E-state index contributed by atoms with van der Waals surface area (Å²) in [7, 11) is 0. The molecule has 2 aromatic rings. The topological polar surface area (TPSA) is 90.7 Å². The number of imide groups is 1. The molecule has 0 bridgehead atoms. The highest BCUT2D eigenvalue weighted by Crippen LogP contribution is 2.29. The predicted molar refractivity (Wildman–Crippen MR) is 96.8 cm³/mol. The first-order valence-corrected chi connectivity index (χ1v) is 8.98. The summed E-state index contributed by atoms with van der Waals surface area (Å²) in [6, 6.07) is 6.44. The highest BCUT2D eigenvalue weighted by molar-refractivity contribution is 6.08. The van der Waals surface area contributed by atoms with Gasteiger partial charge in [0, 0.05) is 44.7 Å². The Balaban J connectivity index is 1.60. The molecule has 2 N–H and O–H groups in total. The number of nitrogens with one attached hydrogen (secondary N) is 2. The lowest BCUT2D eigenvalue weighted by molar-refractivity contribution is -0.120. The maximum absolute atomic E-state index is 12.1. The largest absolute Gasteiger partial charge is 0.354 e. The Hall–Kier alpha value is -2.45. The summed E-state index contributed by atoms with van der Waals surface area (Å²) in [5.74, 6) is 0.204. The van der Waals surface area contributed by atoms with E-state index < -0.39 is 6.03 Å². The Bertz CT molecular complexity index is 848. The normalized spacial score (nSPS) is 24.9. The number of anilines is 1. The number of urea groups is 1. The number of hydrogen-bond donors (Lipinski definition) is 2. The third-order valence-electron chi connectivity index (χ3n) is 5.10. The molecule has 0 aliphatic carbocycles. The zero-order chi connectivity index (χ0) is 18.3. The molecule has 2 fully saturated rings. The summed E-state index contributed by atoms with van der Waals surface area (Å²) >= 11 is 0. The number of amides is 3. The minimum absolute atomic E-state index is 0.260. The van der Waals surface area contributed by atoms with Crippen LogP contribution in [0.15, 0.2) is 22.7 Å². The van der Waals surface area contributed by atoms with Gasteiger partial charge in [-0.3, -0.25) is 19.9 Å². The first kappa shape index (κ1) is 17.0. The molecule has 3 heterocycles. The fourth-order valence-electron chi connectivity index (χ4n) is 3.58. The lowest BCUT2D eigenvalue weighted by Gasteiger charge is -2.37. The van der Waals surface area contributed by atoms with Crippen molar-refractivity contribution in [1.82, 2.24) is 20.7 Å². The molecule has 3 amide bonds. The van der Waals surface area contributed by atoms with Crippen molar-refractivity contribution in [2.24, 2.45) is 0 Å². The zero-order valence-corrected chi connectivity index (χ0v) is 15.0. The minimum atomic E-state index is -0.452. The number of nitrogens with zero attached hydrogens (tertiary/aromatic N) is 3. The van der Waals surface area contributed by atoms with Crippen molar-refractivity contribution >= 4 is 28.7 Å². The van der Waals surface area contributed by atoms with Crippen molar-refractivity contribution < 1.29 is 14.1 Å². The van der Waals surface area contributed by atoms with Crippen LogP contribution in [0.2, 0.25) is 0 Å². The summed E-state index contributed by atoms with van der Waals surface area (Å²) in [6.45, 7) is 7.52. The number of rotatable bonds is 3. The molecule has 138 valence electrons. The first-order chi connectivity index (χ1) is 12.5. The average Bonchev–Trinajstić information content (AvgIpc) is 3.01. The smallest absolute Gasteiger partial charge is 0.329 e. The lowest BCUT2D eigenvalue weighted by atomic mass is 10.1. The van der Waals surface area contributed by atoms with E-state index in [1.54, 1.807) is 0 Å². The van der Waals surface area contributed by atoms with Crippen LogP contribution < -0.4 is 15.5 Å². The van der Waals surface area contributed by atoms with Gasteiger partial charge in [0.15, 0.2) is 11.4 Å². The summed E-state index contributed by atoms with van der Waals surface area (Å²) in [5, 5.41) is 10.7. The van der Waals surface area contributed by atoms with Crippen LogP contribution in [0.25, 0.3) is 11.0 Å². The number of carbonyl (C=O) groups excluding carboxylic acids is 2. The number of hydrogen-bond acceptors (Lipinski definition) is 6. The number of fused-ring (bicyclic) bond motifs is 1. The monoisotopic (exact) mass is 357 g/mol. The van der Waals surface area contributed by atoms with Gasteiger partial charge in [-0.1, -0.05) is 11.2 Å². The van der Waals surface area contributed by atoms with E-state index in [4.69, 9.17) is 4.52 Å². The molecule has 26 heavy (non-hydrogen) atoms. The molecule has 0 radical (unpaired) electrons. The molecule has 2 aliphatic rings. The molecule has 8 nitrogen and oxygen atoms in total. The van der Waals surface area contributed by atoms with E-state index in [0.717, 1.165) is 30.6 Å². The van der Waals surface area contributed by atoms with Gasteiger partial charge < -0.3 is 9.84 Å². The Morgan fingerprint density at radius 3 is 2.96 bits per heavy atom. The molecule has 2 aliphatic heterocycles. The summed E-state index contributed by atoms with van der Waals surface area (Å²) in [5.41, 5.74) is 1.78. The number of carbonyl (C=O) groups is 2. The molecule has 8 heteroatoms.